The van der Waals surface area contributed by atoms with Crippen LogP contribution in [0.25, 0.3) is 0 Å². The molecule has 0 N–H and O–H groups in total. The first kappa shape index (κ1) is 15.7. The van der Waals surface area contributed by atoms with Crippen molar-refractivity contribution in [1.29, 1.82) is 0 Å². The summed E-state index contributed by atoms with van der Waals surface area (Å²) in [4.78, 5) is 23.5. The highest BCUT2D eigenvalue weighted by molar-refractivity contribution is 5.76. The van der Waals surface area contributed by atoms with Gasteiger partial charge in [0.15, 0.2) is 0 Å². The molecule has 0 aliphatic carbocycles. The zero-order valence-corrected chi connectivity index (χ0v) is 14.3. The lowest BCUT2D eigenvalue weighted by Crippen LogP contribution is -2.57. The number of piperidine rings is 1. The molecule has 1 aromatic rings. The predicted molar refractivity (Wildman–Crippen MR) is 91.0 cm³/mol. The molecule has 6 heteroatoms. The minimum Gasteiger partial charge on any atom is -0.490 e. The molecule has 6 nitrogen and oxygen atoms in total. The van der Waals surface area contributed by atoms with E-state index in [0.29, 0.717) is 12.1 Å². The van der Waals surface area contributed by atoms with Gasteiger partial charge in [-0.2, -0.15) is 0 Å². The van der Waals surface area contributed by atoms with Crippen LogP contribution >= 0.6 is 0 Å². The maximum absolute atomic E-state index is 13.0. The normalized spacial score (nSPS) is 30.5. The zero-order valence-electron chi connectivity index (χ0n) is 14.3. The molecule has 4 heterocycles. The van der Waals surface area contributed by atoms with Crippen LogP contribution < -0.4 is 4.74 Å². The van der Waals surface area contributed by atoms with Crippen molar-refractivity contribution in [2.75, 3.05) is 33.2 Å². The molecule has 3 aliphatic rings. The summed E-state index contributed by atoms with van der Waals surface area (Å²) in [5, 5.41) is 0. The third-order valence-corrected chi connectivity index (χ3v) is 5.64. The predicted octanol–water partition coefficient (Wildman–Crippen LogP) is 1.82. The van der Waals surface area contributed by atoms with Gasteiger partial charge in [0, 0.05) is 63.5 Å². The number of fused-ring (bicyclic) bond motifs is 2. The summed E-state index contributed by atoms with van der Waals surface area (Å²) in [6, 6.07) is 4.73. The SMILES string of the molecule is CN1CCN(C(=O)N2C3CCC2CC(Oc2ccncc2)C3)CC1. The second kappa shape index (κ2) is 6.59. The summed E-state index contributed by atoms with van der Waals surface area (Å²) in [5.41, 5.74) is 0. The Morgan fingerprint density at radius 3 is 2.33 bits per heavy atom. The Labute approximate surface area is 143 Å². The molecule has 3 fully saturated rings. The second-order valence-electron chi connectivity index (χ2n) is 7.26. The highest BCUT2D eigenvalue weighted by Gasteiger charge is 2.45. The van der Waals surface area contributed by atoms with E-state index in [9.17, 15) is 4.79 Å². The smallest absolute Gasteiger partial charge is 0.320 e. The molecule has 1 aromatic heterocycles. The summed E-state index contributed by atoms with van der Waals surface area (Å²) < 4.78 is 6.13. The highest BCUT2D eigenvalue weighted by atomic mass is 16.5. The van der Waals surface area contributed by atoms with Crippen molar-refractivity contribution >= 4 is 6.03 Å². The Bertz CT molecular complexity index is 560. The van der Waals surface area contributed by atoms with Gasteiger partial charge in [-0.1, -0.05) is 0 Å². The highest BCUT2D eigenvalue weighted by Crippen LogP contribution is 2.38. The Balaban J connectivity index is 1.39. The first-order valence-corrected chi connectivity index (χ1v) is 9.03. The number of carbonyl (C=O) groups is 1. The van der Waals surface area contributed by atoms with Gasteiger partial charge >= 0.3 is 6.03 Å². The van der Waals surface area contributed by atoms with Crippen molar-refractivity contribution in [1.82, 2.24) is 19.7 Å². The third kappa shape index (κ3) is 3.07. The number of amides is 2. The van der Waals surface area contributed by atoms with Crippen molar-refractivity contribution < 1.29 is 9.53 Å². The number of ether oxygens (including phenoxy) is 1. The van der Waals surface area contributed by atoms with Crippen molar-refractivity contribution in [3.05, 3.63) is 24.5 Å². The van der Waals surface area contributed by atoms with Gasteiger partial charge in [0.05, 0.1) is 0 Å². The van der Waals surface area contributed by atoms with E-state index in [1.165, 1.54) is 0 Å². The van der Waals surface area contributed by atoms with E-state index in [0.717, 1.165) is 57.6 Å². The molecule has 2 amide bonds. The van der Waals surface area contributed by atoms with Gasteiger partial charge in [0.25, 0.3) is 0 Å². The average Bonchev–Trinajstić information content (AvgIpc) is 2.87. The topological polar surface area (TPSA) is 48.9 Å². The minimum atomic E-state index is 0.210. The van der Waals surface area contributed by atoms with Crippen LogP contribution in [0.5, 0.6) is 5.75 Å². The number of urea groups is 1. The number of aromatic nitrogens is 1. The van der Waals surface area contributed by atoms with E-state index in [2.05, 4.69) is 21.8 Å². The molecule has 3 saturated heterocycles. The molecule has 130 valence electrons. The van der Waals surface area contributed by atoms with Crippen LogP contribution in [0.1, 0.15) is 25.7 Å². The third-order valence-electron chi connectivity index (χ3n) is 5.64. The maximum atomic E-state index is 13.0. The summed E-state index contributed by atoms with van der Waals surface area (Å²) >= 11 is 0. The molecule has 3 aliphatic heterocycles. The standard InChI is InChI=1S/C18H26N4O2/c1-20-8-10-21(11-9-20)18(23)22-14-2-3-15(22)13-17(12-14)24-16-4-6-19-7-5-16/h4-7,14-15,17H,2-3,8-13H2,1H3. The average molecular weight is 330 g/mol. The Kier molecular flexibility index (Phi) is 4.31. The van der Waals surface area contributed by atoms with Gasteiger partial charge in [-0.3, -0.25) is 4.98 Å². The van der Waals surface area contributed by atoms with Gasteiger partial charge < -0.3 is 19.4 Å². The molecule has 2 atom stereocenters. The molecule has 4 rings (SSSR count). The number of likely N-dealkylation sites (N-methyl/N-ethyl adjacent to an activating group) is 1. The Morgan fingerprint density at radius 2 is 1.71 bits per heavy atom. The Hall–Kier alpha value is -1.82. The molecule has 2 unspecified atom stereocenters. The fourth-order valence-corrected chi connectivity index (χ4v) is 4.31. The number of hydrogen-bond acceptors (Lipinski definition) is 4. The maximum Gasteiger partial charge on any atom is 0.320 e. The van der Waals surface area contributed by atoms with Gasteiger partial charge in [0.2, 0.25) is 0 Å². The molecular weight excluding hydrogens is 304 g/mol. The fourth-order valence-electron chi connectivity index (χ4n) is 4.31. The van der Waals surface area contributed by atoms with Crippen molar-refractivity contribution in [3.63, 3.8) is 0 Å². The molecule has 0 radical (unpaired) electrons. The van der Waals surface area contributed by atoms with Gasteiger partial charge in [0.1, 0.15) is 11.9 Å². The van der Waals surface area contributed by atoms with Crippen LogP contribution in [-0.2, 0) is 0 Å². The molecule has 0 spiro atoms. The summed E-state index contributed by atoms with van der Waals surface area (Å²) in [7, 11) is 2.12. The van der Waals surface area contributed by atoms with E-state index < -0.39 is 0 Å². The van der Waals surface area contributed by atoms with E-state index >= 15 is 0 Å². The van der Waals surface area contributed by atoms with E-state index in [1.807, 2.05) is 17.0 Å². The number of piperazine rings is 1. The summed E-state index contributed by atoms with van der Waals surface area (Å²) in [6.45, 7) is 3.65. The van der Waals surface area contributed by atoms with E-state index in [4.69, 9.17) is 4.74 Å². The molecule has 2 bridgehead atoms. The molecule has 24 heavy (non-hydrogen) atoms. The van der Waals surface area contributed by atoms with Crippen molar-refractivity contribution in [3.8, 4) is 5.75 Å². The fraction of sp³-hybridized carbons (Fsp3) is 0.667. The van der Waals surface area contributed by atoms with Crippen LogP contribution in [0, 0.1) is 0 Å². The summed E-state index contributed by atoms with van der Waals surface area (Å²) in [6.07, 6.45) is 7.84. The second-order valence-corrected chi connectivity index (χ2v) is 7.26. The monoisotopic (exact) mass is 330 g/mol. The first-order chi connectivity index (χ1) is 11.7. The van der Waals surface area contributed by atoms with Crippen molar-refractivity contribution in [2.24, 2.45) is 0 Å². The molecule has 0 aromatic carbocycles. The van der Waals surface area contributed by atoms with Crippen molar-refractivity contribution in [2.45, 2.75) is 43.9 Å². The van der Waals surface area contributed by atoms with Crippen LogP contribution in [-0.4, -0.2) is 77.1 Å². The quantitative estimate of drug-likeness (QED) is 0.830. The zero-order chi connectivity index (χ0) is 16.5. The Morgan fingerprint density at radius 1 is 1.08 bits per heavy atom. The van der Waals surface area contributed by atoms with Gasteiger partial charge in [-0.25, -0.2) is 4.79 Å². The minimum absolute atomic E-state index is 0.210. The van der Waals surface area contributed by atoms with Crippen LogP contribution in [0.2, 0.25) is 0 Å². The largest absolute Gasteiger partial charge is 0.490 e. The number of pyridine rings is 1. The first-order valence-electron chi connectivity index (χ1n) is 9.03. The van der Waals surface area contributed by atoms with Crippen LogP contribution in [0.3, 0.4) is 0 Å². The number of hydrogen-bond donors (Lipinski definition) is 0. The lowest BCUT2D eigenvalue weighted by Gasteiger charge is -2.43. The lowest BCUT2D eigenvalue weighted by atomic mass is 10.00. The van der Waals surface area contributed by atoms with Gasteiger partial charge in [-0.15, -0.1) is 0 Å². The van der Waals surface area contributed by atoms with E-state index in [1.54, 1.807) is 12.4 Å². The molecule has 0 saturated carbocycles. The number of rotatable bonds is 2. The number of nitrogens with zero attached hydrogens (tertiary/aromatic N) is 4. The lowest BCUT2D eigenvalue weighted by molar-refractivity contribution is 0.0483. The van der Waals surface area contributed by atoms with Crippen LogP contribution in [0.15, 0.2) is 24.5 Å². The molecular formula is C18H26N4O2. The van der Waals surface area contributed by atoms with E-state index in [-0.39, 0.29) is 12.1 Å². The number of carbonyl (C=O) groups excluding carboxylic acids is 1. The summed E-state index contributed by atoms with van der Waals surface area (Å²) in [5.74, 6) is 0.883. The van der Waals surface area contributed by atoms with Gasteiger partial charge in [-0.05, 0) is 32.0 Å². The van der Waals surface area contributed by atoms with Crippen LogP contribution in [0.4, 0.5) is 4.79 Å².